The Morgan fingerprint density at radius 3 is 2.45 bits per heavy atom. The van der Waals surface area contributed by atoms with Gasteiger partial charge in [-0.15, -0.1) is 0 Å². The smallest absolute Gasteiger partial charge is 0.256 e. The van der Waals surface area contributed by atoms with E-state index in [4.69, 9.17) is 12.2 Å². The van der Waals surface area contributed by atoms with Crippen molar-refractivity contribution in [1.82, 2.24) is 9.88 Å². The molecule has 0 unspecified atom stereocenters. The van der Waals surface area contributed by atoms with Crippen LogP contribution in [0.3, 0.4) is 0 Å². The second-order valence-corrected chi connectivity index (χ2v) is 8.61. The first kappa shape index (κ1) is 18.3. The standard InChI is InChI=1S/C26H21N3OS/c1-16-9-5-8-14-21(16)29-25(30)22-15-19-18-12-6-7-13-20(18)27-23(19)24(28(22)26(29)31)17-10-3-2-4-11-17/h2-14,22,24,27H,15H2,1H3/t22-,24+/m0/s1. The summed E-state index contributed by atoms with van der Waals surface area (Å²) in [6.45, 7) is 2.02. The zero-order chi connectivity index (χ0) is 21.1. The summed E-state index contributed by atoms with van der Waals surface area (Å²) in [6, 6.07) is 26.2. The average molecular weight is 424 g/mol. The molecule has 2 atom stereocenters. The Kier molecular flexibility index (Phi) is 4.02. The fourth-order valence-electron chi connectivity index (χ4n) is 5.09. The van der Waals surface area contributed by atoms with Crippen molar-refractivity contribution in [2.24, 2.45) is 0 Å². The van der Waals surface area contributed by atoms with Crippen molar-refractivity contribution in [3.63, 3.8) is 0 Å². The lowest BCUT2D eigenvalue weighted by Gasteiger charge is -2.37. The molecule has 0 spiro atoms. The lowest BCUT2D eigenvalue weighted by atomic mass is 9.89. The number of rotatable bonds is 2. The van der Waals surface area contributed by atoms with Crippen molar-refractivity contribution in [3.8, 4) is 0 Å². The molecule has 1 amide bonds. The first-order valence-electron chi connectivity index (χ1n) is 10.5. The van der Waals surface area contributed by atoms with Crippen molar-refractivity contribution >= 4 is 39.8 Å². The normalized spacial score (nSPS) is 20.3. The van der Waals surface area contributed by atoms with E-state index in [0.717, 1.165) is 28.0 Å². The molecule has 3 heterocycles. The van der Waals surface area contributed by atoms with Crippen LogP contribution in [0.2, 0.25) is 0 Å². The molecule has 2 aliphatic rings. The van der Waals surface area contributed by atoms with Gasteiger partial charge in [0.05, 0.1) is 11.7 Å². The van der Waals surface area contributed by atoms with Crippen molar-refractivity contribution in [2.75, 3.05) is 4.90 Å². The third-order valence-corrected chi connectivity index (χ3v) is 6.91. The first-order valence-corrected chi connectivity index (χ1v) is 10.9. The molecule has 1 saturated heterocycles. The molecule has 2 aliphatic heterocycles. The number of benzene rings is 3. The Balaban J connectivity index is 1.56. The van der Waals surface area contributed by atoms with Crippen LogP contribution in [0.25, 0.3) is 10.9 Å². The van der Waals surface area contributed by atoms with Crippen LogP contribution < -0.4 is 4.90 Å². The zero-order valence-electron chi connectivity index (χ0n) is 17.1. The third-order valence-electron chi connectivity index (χ3n) is 6.52. The van der Waals surface area contributed by atoms with Crippen LogP contribution in [0.4, 0.5) is 5.69 Å². The maximum absolute atomic E-state index is 13.7. The van der Waals surface area contributed by atoms with E-state index in [2.05, 4.69) is 40.2 Å². The quantitative estimate of drug-likeness (QED) is 0.455. The Bertz CT molecular complexity index is 1340. The van der Waals surface area contributed by atoms with Gasteiger partial charge in [0.15, 0.2) is 5.11 Å². The van der Waals surface area contributed by atoms with E-state index in [1.165, 1.54) is 10.9 Å². The summed E-state index contributed by atoms with van der Waals surface area (Å²) in [6.07, 6.45) is 0.643. The number of para-hydroxylation sites is 2. The van der Waals surface area contributed by atoms with Crippen LogP contribution in [0.5, 0.6) is 0 Å². The van der Waals surface area contributed by atoms with Crippen LogP contribution in [-0.2, 0) is 11.2 Å². The average Bonchev–Trinajstić information content (AvgIpc) is 3.29. The van der Waals surface area contributed by atoms with Crippen molar-refractivity contribution in [2.45, 2.75) is 25.4 Å². The molecule has 1 aromatic heterocycles. The maximum Gasteiger partial charge on any atom is 0.256 e. The Labute approximate surface area is 186 Å². The van der Waals surface area contributed by atoms with Gasteiger partial charge < -0.3 is 9.88 Å². The van der Waals surface area contributed by atoms with Gasteiger partial charge in [0.2, 0.25) is 0 Å². The molecule has 0 aliphatic carbocycles. The number of nitrogens with zero attached hydrogens (tertiary/aromatic N) is 2. The van der Waals surface area contributed by atoms with Crippen LogP contribution in [0.15, 0.2) is 78.9 Å². The zero-order valence-corrected chi connectivity index (χ0v) is 17.9. The molecule has 31 heavy (non-hydrogen) atoms. The second kappa shape index (κ2) is 6.79. The molecule has 4 aromatic rings. The molecule has 1 N–H and O–H groups in total. The van der Waals surface area contributed by atoms with E-state index in [1.54, 1.807) is 4.90 Å². The molecule has 152 valence electrons. The highest BCUT2D eigenvalue weighted by Gasteiger charge is 2.51. The SMILES string of the molecule is Cc1ccccc1N1C(=O)[C@@H]2Cc3c([nH]c4ccccc34)[C@@H](c3ccccc3)N2C1=S. The number of thiocarbonyl (C=S) groups is 1. The van der Waals surface area contributed by atoms with Crippen LogP contribution >= 0.6 is 12.2 Å². The van der Waals surface area contributed by atoms with Gasteiger partial charge in [0, 0.05) is 23.0 Å². The van der Waals surface area contributed by atoms with E-state index in [-0.39, 0.29) is 18.0 Å². The minimum absolute atomic E-state index is 0.0520. The lowest BCUT2D eigenvalue weighted by Crippen LogP contribution is -2.44. The van der Waals surface area contributed by atoms with Crippen LogP contribution in [-0.4, -0.2) is 26.9 Å². The number of carbonyl (C=O) groups excluding carboxylic acids is 1. The summed E-state index contributed by atoms with van der Waals surface area (Å²) in [5, 5.41) is 1.76. The van der Waals surface area contributed by atoms with Crippen molar-refractivity contribution in [1.29, 1.82) is 0 Å². The fraction of sp³-hybridized carbons (Fsp3) is 0.154. The topological polar surface area (TPSA) is 39.3 Å². The summed E-state index contributed by atoms with van der Waals surface area (Å²) < 4.78 is 0. The minimum atomic E-state index is -0.316. The number of hydrogen-bond acceptors (Lipinski definition) is 2. The maximum atomic E-state index is 13.7. The number of carbonyl (C=O) groups is 1. The van der Waals surface area contributed by atoms with E-state index in [0.29, 0.717) is 11.5 Å². The number of hydrogen-bond donors (Lipinski definition) is 1. The van der Waals surface area contributed by atoms with Gasteiger partial charge in [0.25, 0.3) is 5.91 Å². The molecule has 5 heteroatoms. The summed E-state index contributed by atoms with van der Waals surface area (Å²) in [5.74, 6) is 0.0520. The number of H-pyrrole nitrogens is 1. The number of aromatic amines is 1. The van der Waals surface area contributed by atoms with Gasteiger partial charge in [-0.25, -0.2) is 0 Å². The number of amides is 1. The van der Waals surface area contributed by atoms with Gasteiger partial charge in [-0.2, -0.15) is 0 Å². The number of fused-ring (bicyclic) bond motifs is 4. The van der Waals surface area contributed by atoms with E-state index in [1.807, 2.05) is 55.5 Å². The second-order valence-electron chi connectivity index (χ2n) is 8.25. The van der Waals surface area contributed by atoms with E-state index >= 15 is 0 Å². The first-order chi connectivity index (χ1) is 15.1. The molecular formula is C26H21N3OS. The van der Waals surface area contributed by atoms with Crippen LogP contribution in [0.1, 0.15) is 28.4 Å². The molecule has 0 radical (unpaired) electrons. The largest absolute Gasteiger partial charge is 0.356 e. The number of anilines is 1. The highest BCUT2D eigenvalue weighted by atomic mass is 32.1. The minimum Gasteiger partial charge on any atom is -0.356 e. The van der Waals surface area contributed by atoms with Gasteiger partial charge in [-0.1, -0.05) is 66.7 Å². The summed E-state index contributed by atoms with van der Waals surface area (Å²) >= 11 is 5.96. The van der Waals surface area contributed by atoms with E-state index < -0.39 is 0 Å². The number of nitrogens with one attached hydrogen (secondary N) is 1. The van der Waals surface area contributed by atoms with Crippen LogP contribution in [0, 0.1) is 6.92 Å². The highest BCUT2D eigenvalue weighted by Crippen LogP contribution is 2.45. The van der Waals surface area contributed by atoms with Gasteiger partial charge in [-0.05, 0) is 48.0 Å². The molecule has 3 aromatic carbocycles. The predicted molar refractivity (Wildman–Crippen MR) is 127 cm³/mol. The summed E-state index contributed by atoms with van der Waals surface area (Å²) in [7, 11) is 0. The number of aryl methyl sites for hydroxylation is 1. The van der Waals surface area contributed by atoms with Gasteiger partial charge in [0.1, 0.15) is 6.04 Å². The highest BCUT2D eigenvalue weighted by molar-refractivity contribution is 7.80. The lowest BCUT2D eigenvalue weighted by molar-refractivity contribution is -0.120. The molecule has 6 rings (SSSR count). The molecule has 0 bridgehead atoms. The molecule has 1 fully saturated rings. The van der Waals surface area contributed by atoms with Crippen molar-refractivity contribution in [3.05, 3.63) is 101 Å². The fourth-order valence-corrected chi connectivity index (χ4v) is 5.51. The summed E-state index contributed by atoms with van der Waals surface area (Å²) in [4.78, 5) is 21.3. The van der Waals surface area contributed by atoms with Gasteiger partial charge >= 0.3 is 0 Å². The predicted octanol–water partition coefficient (Wildman–Crippen LogP) is 5.12. The number of aromatic nitrogens is 1. The molecule has 0 saturated carbocycles. The van der Waals surface area contributed by atoms with Gasteiger partial charge in [-0.3, -0.25) is 9.69 Å². The molecular weight excluding hydrogens is 402 g/mol. The summed E-state index contributed by atoms with van der Waals surface area (Å²) in [5.41, 5.74) is 6.48. The van der Waals surface area contributed by atoms with Crippen molar-refractivity contribution < 1.29 is 4.79 Å². The Morgan fingerprint density at radius 2 is 1.65 bits per heavy atom. The Hall–Kier alpha value is -3.44. The van der Waals surface area contributed by atoms with E-state index in [9.17, 15) is 4.79 Å². The monoisotopic (exact) mass is 423 g/mol. The third kappa shape index (κ3) is 2.60. The molecule has 4 nitrogen and oxygen atoms in total. The Morgan fingerprint density at radius 1 is 0.935 bits per heavy atom.